The highest BCUT2D eigenvalue weighted by Gasteiger charge is 2.63. The molecule has 0 atom stereocenters. The van der Waals surface area contributed by atoms with Gasteiger partial charge in [0.2, 0.25) is 0 Å². The molecule has 0 aliphatic heterocycles. The van der Waals surface area contributed by atoms with Crippen molar-refractivity contribution >= 4 is 39.2 Å². The largest absolute Gasteiger partial charge is 0.522 e. The fourth-order valence-corrected chi connectivity index (χ4v) is 9.91. The summed E-state index contributed by atoms with van der Waals surface area (Å²) in [5.41, 5.74) is -25.2. The molecule has 2 aromatic rings. The van der Waals surface area contributed by atoms with E-state index in [-0.39, 0.29) is 0 Å². The van der Waals surface area contributed by atoms with Gasteiger partial charge in [-0.2, -0.15) is 95.9 Å². The number of alkyl halides is 18. The van der Waals surface area contributed by atoms with Crippen LogP contribution in [0.4, 0.5) is 79.0 Å². The smallest absolute Gasteiger partial charge is 0.267 e. The molecule has 0 fully saturated rings. The quantitative estimate of drug-likeness (QED) is 0.203. The first-order valence-corrected chi connectivity index (χ1v) is 14.8. The zero-order valence-corrected chi connectivity index (χ0v) is 22.7. The van der Waals surface area contributed by atoms with Gasteiger partial charge in [0.1, 0.15) is 0 Å². The molecule has 0 N–H and O–H groups in total. The maximum atomic E-state index is 13.5. The Morgan fingerprint density at radius 3 is 0.756 bits per heavy atom. The van der Waals surface area contributed by atoms with Crippen molar-refractivity contribution in [3.05, 3.63) is 58.7 Å². The molecule has 6 nitrogen and oxygen atoms in total. The van der Waals surface area contributed by atoms with Crippen LogP contribution in [-0.4, -0.2) is 36.4 Å². The Labute approximate surface area is 237 Å². The molecule has 0 spiro atoms. The minimum Gasteiger partial charge on any atom is -0.267 e. The molecule has 0 radical (unpaired) electrons. The SMILES string of the molecule is O=S(=O)(O[Si](OS(=O)(=O)C(F)(F)F)(c1cc(C(F)(F)F)cc(C(F)(F)F)c1)c1cc(C(F)(F)F)cc(C(F)(F)F)c1)C(F)(F)F. The molecule has 0 heterocycles. The molecule has 45 heavy (non-hydrogen) atoms. The molecule has 0 saturated carbocycles. The zero-order chi connectivity index (χ0) is 35.6. The van der Waals surface area contributed by atoms with Crippen molar-refractivity contribution < 1.29 is 104 Å². The first kappa shape index (κ1) is 38.4. The fourth-order valence-electron chi connectivity index (χ4n) is 3.07. The maximum Gasteiger partial charge on any atom is 0.522 e. The first-order chi connectivity index (χ1) is 19.5. The van der Waals surface area contributed by atoms with E-state index in [9.17, 15) is 95.9 Å². The lowest BCUT2D eigenvalue weighted by atomic mass is 10.1. The van der Waals surface area contributed by atoms with Crippen LogP contribution >= 0.6 is 0 Å². The van der Waals surface area contributed by atoms with Crippen molar-refractivity contribution in [3.63, 3.8) is 0 Å². The molecule has 2 rings (SSSR count). The second kappa shape index (κ2) is 11.2. The van der Waals surface area contributed by atoms with Gasteiger partial charge in [-0.3, -0.25) is 7.74 Å². The molecule has 0 unspecified atom stereocenters. The predicted octanol–water partition coefficient (Wildman–Crippen LogP) is 6.05. The number of halogens is 18. The molecular weight excluding hydrogens is 746 g/mol. The Morgan fingerprint density at radius 1 is 0.400 bits per heavy atom. The summed E-state index contributed by atoms with van der Waals surface area (Å²) in [5.74, 6) is 0. The average molecular weight is 752 g/mol. The van der Waals surface area contributed by atoms with E-state index in [2.05, 4.69) is 7.74 Å². The Hall–Kier alpha value is -2.78. The molecular formula is C18H6F18O6S2Si. The van der Waals surface area contributed by atoms with E-state index < -0.39 is 134 Å². The van der Waals surface area contributed by atoms with Crippen LogP contribution in [0.15, 0.2) is 36.4 Å². The lowest BCUT2D eigenvalue weighted by molar-refractivity contribution is -0.144. The summed E-state index contributed by atoms with van der Waals surface area (Å²) in [4.78, 5) is 0. The van der Waals surface area contributed by atoms with Crippen molar-refractivity contribution in [1.29, 1.82) is 0 Å². The Kier molecular flexibility index (Phi) is 9.54. The standard InChI is InChI=1S/C18H6F18O6S2Si/c19-13(20,21)7-1-8(14(22,23)24)4-11(3-7)45(41-43(37,38)17(31,32)33,42-44(39,40)18(34,35)36)12-5-9(15(25,26)27)2-10(6-12)16(28,29)30/h1-6H. The van der Waals surface area contributed by atoms with Crippen molar-refractivity contribution in [2.24, 2.45) is 0 Å². The van der Waals surface area contributed by atoms with Crippen LogP contribution in [0.25, 0.3) is 0 Å². The van der Waals surface area contributed by atoms with Gasteiger partial charge in [0.15, 0.2) is 0 Å². The van der Waals surface area contributed by atoms with E-state index in [1.807, 2.05) is 0 Å². The van der Waals surface area contributed by atoms with Crippen LogP contribution in [0.3, 0.4) is 0 Å². The van der Waals surface area contributed by atoms with Crippen LogP contribution in [-0.2, 0) is 52.7 Å². The summed E-state index contributed by atoms with van der Waals surface area (Å²) < 4.78 is 296. The minimum atomic E-state index is -8.09. The van der Waals surface area contributed by atoms with Crippen LogP contribution < -0.4 is 10.4 Å². The first-order valence-electron chi connectivity index (χ1n) is 10.2. The number of hydrogen-bond donors (Lipinski definition) is 0. The highest BCUT2D eigenvalue weighted by molar-refractivity contribution is 7.90. The normalized spacial score (nSPS) is 15.0. The lowest BCUT2D eigenvalue weighted by Gasteiger charge is -2.32. The summed E-state index contributed by atoms with van der Waals surface area (Å²) in [5, 5.41) is -5.48. The Morgan fingerprint density at radius 2 is 0.600 bits per heavy atom. The zero-order valence-electron chi connectivity index (χ0n) is 20.0. The van der Waals surface area contributed by atoms with Gasteiger partial charge in [0.25, 0.3) is 0 Å². The van der Waals surface area contributed by atoms with E-state index in [0.717, 1.165) is 0 Å². The van der Waals surface area contributed by atoms with Crippen molar-refractivity contribution in [1.82, 2.24) is 0 Å². The second-order valence-electron chi connectivity index (χ2n) is 8.17. The number of rotatable bonds is 6. The average Bonchev–Trinajstić information content (AvgIpc) is 2.79. The predicted molar refractivity (Wildman–Crippen MR) is 110 cm³/mol. The number of benzene rings is 2. The van der Waals surface area contributed by atoms with Gasteiger partial charge < -0.3 is 0 Å². The van der Waals surface area contributed by atoms with E-state index >= 15 is 0 Å². The minimum absolute atomic E-state index is 0.938. The molecule has 2 aromatic carbocycles. The fraction of sp³-hybridized carbons (Fsp3) is 0.333. The highest BCUT2D eigenvalue weighted by atomic mass is 32.2. The van der Waals surface area contributed by atoms with Crippen LogP contribution in [0.1, 0.15) is 22.3 Å². The van der Waals surface area contributed by atoms with Gasteiger partial charge in [-0.05, 0) is 36.4 Å². The van der Waals surface area contributed by atoms with E-state index in [4.69, 9.17) is 0 Å². The van der Waals surface area contributed by atoms with Crippen LogP contribution in [0.5, 0.6) is 0 Å². The van der Waals surface area contributed by atoms with Crippen molar-refractivity contribution in [3.8, 4) is 0 Å². The van der Waals surface area contributed by atoms with Gasteiger partial charge in [-0.1, -0.05) is 0 Å². The summed E-state index contributed by atoms with van der Waals surface area (Å²) in [7, 11) is -23.9. The monoisotopic (exact) mass is 752 g/mol. The lowest BCUT2D eigenvalue weighted by Crippen LogP contribution is -2.67. The van der Waals surface area contributed by atoms with E-state index in [0.29, 0.717) is 0 Å². The van der Waals surface area contributed by atoms with Gasteiger partial charge in [-0.25, -0.2) is 0 Å². The molecule has 27 heteroatoms. The van der Waals surface area contributed by atoms with Gasteiger partial charge in [0, 0.05) is 10.4 Å². The molecule has 0 saturated heterocycles. The van der Waals surface area contributed by atoms with E-state index in [1.54, 1.807) is 0 Å². The molecule has 0 bridgehead atoms. The molecule has 0 aromatic heterocycles. The molecule has 0 aliphatic rings. The third-order valence-electron chi connectivity index (χ3n) is 4.96. The molecule has 0 amide bonds. The molecule has 0 aliphatic carbocycles. The Balaban J connectivity index is 3.47. The van der Waals surface area contributed by atoms with Crippen LogP contribution in [0.2, 0.25) is 0 Å². The van der Waals surface area contributed by atoms with E-state index in [1.165, 1.54) is 0 Å². The van der Waals surface area contributed by atoms with Gasteiger partial charge in [0.05, 0.1) is 22.3 Å². The van der Waals surface area contributed by atoms with Crippen molar-refractivity contribution in [2.75, 3.05) is 0 Å². The van der Waals surface area contributed by atoms with Gasteiger partial charge in [-0.15, -0.1) is 0 Å². The summed E-state index contributed by atoms with van der Waals surface area (Å²) in [6, 6.07) is -5.96. The Bertz CT molecular complexity index is 1460. The summed E-state index contributed by atoms with van der Waals surface area (Å²) in [6.45, 7) is 0. The van der Waals surface area contributed by atoms with Crippen molar-refractivity contribution in [2.45, 2.75) is 35.7 Å². The molecule has 256 valence electrons. The van der Waals surface area contributed by atoms with Gasteiger partial charge >= 0.3 is 64.5 Å². The highest BCUT2D eigenvalue weighted by Crippen LogP contribution is 2.40. The topological polar surface area (TPSA) is 86.7 Å². The summed E-state index contributed by atoms with van der Waals surface area (Å²) >= 11 is 0. The van der Waals surface area contributed by atoms with Crippen LogP contribution in [0, 0.1) is 0 Å². The third-order valence-corrected chi connectivity index (χ3v) is 11.8. The number of hydrogen-bond acceptors (Lipinski definition) is 6. The third kappa shape index (κ3) is 8.33. The maximum absolute atomic E-state index is 13.5. The summed E-state index contributed by atoms with van der Waals surface area (Å²) in [6.07, 6.45) is -24.6. The second-order valence-corrected chi connectivity index (χ2v) is 14.6.